The summed E-state index contributed by atoms with van der Waals surface area (Å²) in [5.41, 5.74) is 5.38. The van der Waals surface area contributed by atoms with Crippen LogP contribution >= 0.6 is 22.9 Å². The molecule has 0 aliphatic rings. The van der Waals surface area contributed by atoms with Crippen molar-refractivity contribution in [2.45, 2.75) is 25.8 Å². The topological polar surface area (TPSA) is 46.3 Å². The maximum atomic E-state index is 11.7. The second kappa shape index (κ2) is 6.89. The predicted molar refractivity (Wildman–Crippen MR) is 68.7 cm³/mol. The standard InChI is InChI=1S/C11H17ClN2OS/c1-14(11(15)4-2-3-7-13)8-9-5-6-10(12)16-9/h5-6H,2-4,7-8,13H2,1H3. The van der Waals surface area contributed by atoms with Crippen molar-refractivity contribution in [3.8, 4) is 0 Å². The molecule has 0 aromatic carbocycles. The van der Waals surface area contributed by atoms with E-state index < -0.39 is 0 Å². The number of halogens is 1. The molecule has 5 heteroatoms. The molecule has 16 heavy (non-hydrogen) atoms. The van der Waals surface area contributed by atoms with Crippen LogP contribution in [0.4, 0.5) is 0 Å². The van der Waals surface area contributed by atoms with Crippen LogP contribution in [0.1, 0.15) is 24.1 Å². The number of hydrogen-bond acceptors (Lipinski definition) is 3. The highest BCUT2D eigenvalue weighted by Crippen LogP contribution is 2.22. The van der Waals surface area contributed by atoms with Gasteiger partial charge >= 0.3 is 0 Å². The van der Waals surface area contributed by atoms with Gasteiger partial charge in [-0.1, -0.05) is 11.6 Å². The first-order valence-corrected chi connectivity index (χ1v) is 6.51. The Hall–Kier alpha value is -0.580. The molecule has 1 heterocycles. The highest BCUT2D eigenvalue weighted by atomic mass is 35.5. The van der Waals surface area contributed by atoms with Gasteiger partial charge in [0, 0.05) is 18.3 Å². The van der Waals surface area contributed by atoms with E-state index in [0.29, 0.717) is 19.5 Å². The predicted octanol–water partition coefficient (Wildman–Crippen LogP) is 2.49. The number of rotatable bonds is 6. The number of carbonyl (C=O) groups is 1. The molecule has 90 valence electrons. The summed E-state index contributed by atoms with van der Waals surface area (Å²) in [5.74, 6) is 0.165. The number of hydrogen-bond donors (Lipinski definition) is 1. The van der Waals surface area contributed by atoms with Crippen LogP contribution in [0.3, 0.4) is 0 Å². The van der Waals surface area contributed by atoms with Crippen molar-refractivity contribution < 1.29 is 4.79 Å². The van der Waals surface area contributed by atoms with Crippen LogP contribution in [0.5, 0.6) is 0 Å². The second-order valence-corrected chi connectivity index (χ2v) is 5.50. The fourth-order valence-electron chi connectivity index (χ4n) is 1.37. The van der Waals surface area contributed by atoms with E-state index in [1.54, 1.807) is 4.90 Å². The Morgan fingerprint density at radius 3 is 2.81 bits per heavy atom. The minimum atomic E-state index is 0.165. The number of amides is 1. The van der Waals surface area contributed by atoms with Gasteiger partial charge in [0.25, 0.3) is 0 Å². The average Bonchev–Trinajstić information content (AvgIpc) is 2.64. The van der Waals surface area contributed by atoms with Crippen LogP contribution in [-0.2, 0) is 11.3 Å². The van der Waals surface area contributed by atoms with Crippen LogP contribution in [0.2, 0.25) is 4.34 Å². The normalized spacial score (nSPS) is 10.4. The Bertz CT molecular complexity index is 340. The summed E-state index contributed by atoms with van der Waals surface area (Å²) in [6.45, 7) is 1.29. The molecule has 0 aliphatic carbocycles. The van der Waals surface area contributed by atoms with E-state index in [4.69, 9.17) is 17.3 Å². The summed E-state index contributed by atoms with van der Waals surface area (Å²) in [5, 5.41) is 0. The Morgan fingerprint density at radius 1 is 1.50 bits per heavy atom. The largest absolute Gasteiger partial charge is 0.341 e. The molecule has 0 aliphatic heterocycles. The van der Waals surface area contributed by atoms with Gasteiger partial charge in [-0.2, -0.15) is 0 Å². The molecule has 0 radical (unpaired) electrons. The summed E-state index contributed by atoms with van der Waals surface area (Å²) < 4.78 is 0.763. The summed E-state index contributed by atoms with van der Waals surface area (Å²) in [7, 11) is 1.82. The maximum absolute atomic E-state index is 11.7. The van der Waals surface area contributed by atoms with Gasteiger partial charge in [0.15, 0.2) is 0 Å². The van der Waals surface area contributed by atoms with Crippen LogP contribution in [-0.4, -0.2) is 24.4 Å². The van der Waals surface area contributed by atoms with Gasteiger partial charge < -0.3 is 10.6 Å². The summed E-state index contributed by atoms with van der Waals surface area (Å²) in [6.07, 6.45) is 2.35. The summed E-state index contributed by atoms with van der Waals surface area (Å²) in [6, 6.07) is 3.81. The molecule has 1 rings (SSSR count). The third-order valence-corrected chi connectivity index (χ3v) is 3.51. The zero-order valence-electron chi connectivity index (χ0n) is 9.41. The van der Waals surface area contributed by atoms with Crippen molar-refractivity contribution in [3.63, 3.8) is 0 Å². The van der Waals surface area contributed by atoms with Crippen molar-refractivity contribution in [1.82, 2.24) is 4.90 Å². The smallest absolute Gasteiger partial charge is 0.222 e. The van der Waals surface area contributed by atoms with Crippen molar-refractivity contribution in [1.29, 1.82) is 0 Å². The first-order valence-electron chi connectivity index (χ1n) is 5.31. The summed E-state index contributed by atoms with van der Waals surface area (Å²) in [4.78, 5) is 14.5. The SMILES string of the molecule is CN(Cc1ccc(Cl)s1)C(=O)CCCCN. The molecular formula is C11H17ClN2OS. The Morgan fingerprint density at radius 2 is 2.25 bits per heavy atom. The lowest BCUT2D eigenvalue weighted by atomic mass is 10.2. The maximum Gasteiger partial charge on any atom is 0.222 e. The molecule has 0 atom stereocenters. The minimum absolute atomic E-state index is 0.165. The quantitative estimate of drug-likeness (QED) is 0.799. The monoisotopic (exact) mass is 260 g/mol. The molecule has 0 spiro atoms. The number of unbranched alkanes of at least 4 members (excludes halogenated alkanes) is 1. The lowest BCUT2D eigenvalue weighted by Gasteiger charge is -2.15. The Labute approximate surface area is 105 Å². The van der Waals surface area contributed by atoms with E-state index in [0.717, 1.165) is 22.1 Å². The summed E-state index contributed by atoms with van der Waals surface area (Å²) >= 11 is 7.34. The molecule has 0 saturated heterocycles. The highest BCUT2D eigenvalue weighted by molar-refractivity contribution is 7.16. The van der Waals surface area contributed by atoms with Gasteiger partial charge in [-0.3, -0.25) is 4.79 Å². The molecule has 0 saturated carbocycles. The van der Waals surface area contributed by atoms with Gasteiger partial charge in [0.2, 0.25) is 5.91 Å². The van der Waals surface area contributed by atoms with Crippen molar-refractivity contribution in [2.24, 2.45) is 5.73 Å². The van der Waals surface area contributed by atoms with Crippen molar-refractivity contribution >= 4 is 28.8 Å². The number of nitrogens with zero attached hydrogens (tertiary/aromatic N) is 1. The highest BCUT2D eigenvalue weighted by Gasteiger charge is 2.09. The van der Waals surface area contributed by atoms with Gasteiger partial charge in [-0.15, -0.1) is 11.3 Å². The van der Waals surface area contributed by atoms with E-state index in [9.17, 15) is 4.79 Å². The zero-order valence-corrected chi connectivity index (χ0v) is 11.0. The molecule has 1 aromatic heterocycles. The molecule has 1 aromatic rings. The molecule has 0 fully saturated rings. The molecule has 0 unspecified atom stereocenters. The molecule has 2 N–H and O–H groups in total. The van der Waals surface area contributed by atoms with E-state index in [-0.39, 0.29) is 5.91 Å². The van der Waals surface area contributed by atoms with E-state index in [1.807, 2.05) is 19.2 Å². The van der Waals surface area contributed by atoms with Crippen LogP contribution < -0.4 is 5.73 Å². The van der Waals surface area contributed by atoms with Gasteiger partial charge in [-0.25, -0.2) is 0 Å². The third kappa shape index (κ3) is 4.51. The molecule has 3 nitrogen and oxygen atoms in total. The third-order valence-electron chi connectivity index (χ3n) is 2.29. The average molecular weight is 261 g/mol. The number of thiophene rings is 1. The van der Waals surface area contributed by atoms with Crippen LogP contribution in [0.15, 0.2) is 12.1 Å². The Kier molecular flexibility index (Phi) is 5.80. The number of carbonyl (C=O) groups excluding carboxylic acids is 1. The fourth-order valence-corrected chi connectivity index (χ4v) is 2.51. The molecule has 1 amide bonds. The van der Waals surface area contributed by atoms with E-state index >= 15 is 0 Å². The van der Waals surface area contributed by atoms with Crippen LogP contribution in [0.25, 0.3) is 0 Å². The Balaban J connectivity index is 2.34. The fraction of sp³-hybridized carbons (Fsp3) is 0.545. The second-order valence-electron chi connectivity index (χ2n) is 3.70. The lowest BCUT2D eigenvalue weighted by Crippen LogP contribution is -2.25. The van der Waals surface area contributed by atoms with Gasteiger partial charge in [0.1, 0.15) is 0 Å². The van der Waals surface area contributed by atoms with Crippen LogP contribution in [0, 0.1) is 0 Å². The van der Waals surface area contributed by atoms with Crippen molar-refractivity contribution in [3.05, 3.63) is 21.3 Å². The molecule has 0 bridgehead atoms. The van der Waals surface area contributed by atoms with E-state index in [2.05, 4.69) is 0 Å². The number of nitrogens with two attached hydrogens (primary N) is 1. The van der Waals surface area contributed by atoms with Gasteiger partial charge in [-0.05, 0) is 31.5 Å². The van der Waals surface area contributed by atoms with Crippen molar-refractivity contribution in [2.75, 3.05) is 13.6 Å². The first kappa shape index (κ1) is 13.5. The molecular weight excluding hydrogens is 244 g/mol. The minimum Gasteiger partial charge on any atom is -0.341 e. The zero-order chi connectivity index (χ0) is 12.0. The van der Waals surface area contributed by atoms with E-state index in [1.165, 1.54) is 11.3 Å². The van der Waals surface area contributed by atoms with Gasteiger partial charge in [0.05, 0.1) is 10.9 Å². The first-order chi connectivity index (χ1) is 7.63. The lowest BCUT2D eigenvalue weighted by molar-refractivity contribution is -0.130.